The fourth-order valence-corrected chi connectivity index (χ4v) is 2.61. The van der Waals surface area contributed by atoms with Crippen LogP contribution in [-0.4, -0.2) is 26.2 Å². The molecule has 17 heavy (non-hydrogen) atoms. The van der Waals surface area contributed by atoms with E-state index in [9.17, 15) is 4.79 Å². The van der Waals surface area contributed by atoms with Crippen molar-refractivity contribution in [1.82, 2.24) is 5.32 Å². The first-order valence-electron chi connectivity index (χ1n) is 6.15. The molecule has 2 heterocycles. The zero-order valence-electron chi connectivity index (χ0n) is 10.1. The van der Waals surface area contributed by atoms with Gasteiger partial charge in [-0.1, -0.05) is 0 Å². The van der Waals surface area contributed by atoms with E-state index in [0.29, 0.717) is 6.54 Å². The van der Waals surface area contributed by atoms with E-state index in [-0.39, 0.29) is 6.03 Å². The van der Waals surface area contributed by atoms with Crippen LogP contribution in [0.2, 0.25) is 0 Å². The molecule has 0 bridgehead atoms. The molecule has 2 aliphatic rings. The number of fused-ring (bicyclic) bond motifs is 1. The molecule has 0 unspecified atom stereocenters. The van der Waals surface area contributed by atoms with Crippen LogP contribution < -0.4 is 15.1 Å². The third-order valence-electron chi connectivity index (χ3n) is 3.63. The molecule has 90 valence electrons. The van der Waals surface area contributed by atoms with Crippen LogP contribution in [0.3, 0.4) is 0 Å². The lowest BCUT2D eigenvalue weighted by atomic mass is 10.1. The van der Waals surface area contributed by atoms with Crippen LogP contribution >= 0.6 is 0 Å². The number of carbonyl (C=O) groups excluding carboxylic acids is 1. The van der Waals surface area contributed by atoms with E-state index < -0.39 is 0 Å². The van der Waals surface area contributed by atoms with Crippen molar-refractivity contribution in [2.75, 3.05) is 29.9 Å². The molecular weight excluding hydrogens is 214 g/mol. The van der Waals surface area contributed by atoms with Gasteiger partial charge in [-0.05, 0) is 36.6 Å². The maximum Gasteiger partial charge on any atom is 0.321 e. The Morgan fingerprint density at radius 2 is 2.00 bits per heavy atom. The minimum atomic E-state index is -0.0218. The molecule has 4 nitrogen and oxygen atoms in total. The van der Waals surface area contributed by atoms with Gasteiger partial charge in [0.25, 0.3) is 0 Å². The van der Waals surface area contributed by atoms with Crippen molar-refractivity contribution in [3.8, 4) is 0 Å². The maximum absolute atomic E-state index is 11.5. The van der Waals surface area contributed by atoms with Crippen LogP contribution in [0, 0.1) is 0 Å². The van der Waals surface area contributed by atoms with E-state index in [0.717, 1.165) is 18.8 Å². The second kappa shape index (κ2) is 3.95. The molecule has 1 aromatic carbocycles. The minimum Gasteiger partial charge on any atom is -0.372 e. The summed E-state index contributed by atoms with van der Waals surface area (Å²) in [7, 11) is 1.81. The number of rotatable bonds is 1. The summed E-state index contributed by atoms with van der Waals surface area (Å²) in [5.41, 5.74) is 3.51. The van der Waals surface area contributed by atoms with E-state index in [2.05, 4.69) is 28.4 Å². The minimum absolute atomic E-state index is 0.0218. The highest BCUT2D eigenvalue weighted by Gasteiger charge is 2.21. The molecule has 0 saturated carbocycles. The summed E-state index contributed by atoms with van der Waals surface area (Å²) >= 11 is 0. The first kappa shape index (κ1) is 10.4. The molecule has 0 aromatic heterocycles. The zero-order valence-corrected chi connectivity index (χ0v) is 10.1. The molecule has 4 heteroatoms. The summed E-state index contributed by atoms with van der Waals surface area (Å²) in [6.45, 7) is 2.95. The first-order valence-corrected chi connectivity index (χ1v) is 6.15. The monoisotopic (exact) mass is 231 g/mol. The molecular formula is C13H17N3O. The molecule has 0 aliphatic carbocycles. The summed E-state index contributed by atoms with van der Waals surface area (Å²) in [4.78, 5) is 15.6. The third-order valence-corrected chi connectivity index (χ3v) is 3.63. The van der Waals surface area contributed by atoms with E-state index in [1.165, 1.54) is 24.1 Å². The van der Waals surface area contributed by atoms with Gasteiger partial charge >= 0.3 is 6.03 Å². The normalized spacial score (nSPS) is 19.2. The average molecular weight is 231 g/mol. The van der Waals surface area contributed by atoms with Crippen LogP contribution in [0.5, 0.6) is 0 Å². The molecule has 1 aromatic rings. The zero-order chi connectivity index (χ0) is 11.8. The molecule has 0 radical (unpaired) electrons. The Hall–Kier alpha value is -1.71. The highest BCUT2D eigenvalue weighted by molar-refractivity contribution is 5.94. The van der Waals surface area contributed by atoms with Gasteiger partial charge in [0.1, 0.15) is 0 Å². The summed E-state index contributed by atoms with van der Waals surface area (Å²) < 4.78 is 0. The van der Waals surface area contributed by atoms with Crippen molar-refractivity contribution < 1.29 is 4.79 Å². The standard InChI is InChI=1S/C13H17N3O/c1-15-12-5-4-11(16-6-2-3-7-16)8-10(12)9-14-13(15)17/h4-5,8H,2-3,6-7,9H2,1H3,(H,14,17). The largest absolute Gasteiger partial charge is 0.372 e. The second-order valence-corrected chi connectivity index (χ2v) is 4.72. The Morgan fingerprint density at radius 1 is 1.24 bits per heavy atom. The number of carbonyl (C=O) groups is 1. The smallest absolute Gasteiger partial charge is 0.321 e. The Bertz CT molecular complexity index is 452. The van der Waals surface area contributed by atoms with Gasteiger partial charge in [0.15, 0.2) is 0 Å². The summed E-state index contributed by atoms with van der Waals surface area (Å²) in [5.74, 6) is 0. The van der Waals surface area contributed by atoms with Crippen LogP contribution in [0.15, 0.2) is 18.2 Å². The van der Waals surface area contributed by atoms with Crippen LogP contribution in [0.1, 0.15) is 18.4 Å². The van der Waals surface area contributed by atoms with Gasteiger partial charge in [-0.2, -0.15) is 0 Å². The van der Waals surface area contributed by atoms with Gasteiger partial charge in [-0.3, -0.25) is 4.90 Å². The maximum atomic E-state index is 11.5. The molecule has 0 spiro atoms. The number of hydrogen-bond donors (Lipinski definition) is 1. The number of anilines is 2. The quantitative estimate of drug-likeness (QED) is 0.801. The van der Waals surface area contributed by atoms with Crippen molar-refractivity contribution in [2.24, 2.45) is 0 Å². The summed E-state index contributed by atoms with van der Waals surface area (Å²) in [6.07, 6.45) is 2.57. The molecule has 2 amide bonds. The second-order valence-electron chi connectivity index (χ2n) is 4.72. The highest BCUT2D eigenvalue weighted by atomic mass is 16.2. The number of nitrogens with zero attached hydrogens (tertiary/aromatic N) is 2. The summed E-state index contributed by atoms with van der Waals surface area (Å²) in [5, 5.41) is 2.87. The molecule has 2 aliphatic heterocycles. The van der Waals surface area contributed by atoms with E-state index in [4.69, 9.17) is 0 Å². The fraction of sp³-hybridized carbons (Fsp3) is 0.462. The number of benzene rings is 1. The molecule has 1 N–H and O–H groups in total. The van der Waals surface area contributed by atoms with Gasteiger partial charge in [-0.15, -0.1) is 0 Å². The molecule has 3 rings (SSSR count). The predicted octanol–water partition coefficient (Wildman–Crippen LogP) is 1.95. The highest BCUT2D eigenvalue weighted by Crippen LogP contribution is 2.29. The topological polar surface area (TPSA) is 35.6 Å². The lowest BCUT2D eigenvalue weighted by molar-refractivity contribution is 0.246. The van der Waals surface area contributed by atoms with E-state index >= 15 is 0 Å². The van der Waals surface area contributed by atoms with Gasteiger partial charge in [-0.25, -0.2) is 4.79 Å². The lowest BCUT2D eigenvalue weighted by Gasteiger charge is -2.28. The number of nitrogens with one attached hydrogen (secondary N) is 1. The third kappa shape index (κ3) is 1.73. The van der Waals surface area contributed by atoms with Gasteiger partial charge in [0.05, 0.1) is 5.69 Å². The van der Waals surface area contributed by atoms with Crippen LogP contribution in [0.4, 0.5) is 16.2 Å². The number of amides is 2. The SMILES string of the molecule is CN1C(=O)NCc2cc(N3CCCC3)ccc21. The Balaban J connectivity index is 1.93. The first-order chi connectivity index (χ1) is 8.25. The Kier molecular flexibility index (Phi) is 2.42. The van der Waals surface area contributed by atoms with Crippen molar-refractivity contribution in [1.29, 1.82) is 0 Å². The number of urea groups is 1. The van der Waals surface area contributed by atoms with Crippen molar-refractivity contribution in [3.05, 3.63) is 23.8 Å². The van der Waals surface area contributed by atoms with Gasteiger partial charge in [0, 0.05) is 32.4 Å². The van der Waals surface area contributed by atoms with Crippen molar-refractivity contribution in [3.63, 3.8) is 0 Å². The average Bonchev–Trinajstić information content (AvgIpc) is 2.87. The van der Waals surface area contributed by atoms with Crippen LogP contribution in [-0.2, 0) is 6.54 Å². The lowest BCUT2D eigenvalue weighted by Crippen LogP contribution is -2.41. The Morgan fingerprint density at radius 3 is 2.76 bits per heavy atom. The van der Waals surface area contributed by atoms with Gasteiger partial charge < -0.3 is 10.2 Å². The molecule has 1 fully saturated rings. The van der Waals surface area contributed by atoms with E-state index in [1.807, 2.05) is 7.05 Å². The predicted molar refractivity (Wildman–Crippen MR) is 68.5 cm³/mol. The molecule has 0 atom stereocenters. The Labute approximate surface area is 101 Å². The van der Waals surface area contributed by atoms with Gasteiger partial charge in [0.2, 0.25) is 0 Å². The van der Waals surface area contributed by atoms with E-state index in [1.54, 1.807) is 4.90 Å². The molecule has 1 saturated heterocycles. The van der Waals surface area contributed by atoms with Crippen molar-refractivity contribution >= 4 is 17.4 Å². The fourth-order valence-electron chi connectivity index (χ4n) is 2.61. The van der Waals surface area contributed by atoms with Crippen LogP contribution in [0.25, 0.3) is 0 Å². The summed E-state index contributed by atoms with van der Waals surface area (Å²) in [6, 6.07) is 6.36. The van der Waals surface area contributed by atoms with Crippen molar-refractivity contribution in [2.45, 2.75) is 19.4 Å². The number of hydrogen-bond acceptors (Lipinski definition) is 2.